The Hall–Kier alpha value is -0.0800. The van der Waals surface area contributed by atoms with Gasteiger partial charge in [0.15, 0.2) is 0 Å². The van der Waals surface area contributed by atoms with E-state index in [9.17, 15) is 0 Å². The van der Waals surface area contributed by atoms with Crippen molar-refractivity contribution >= 4 is 0 Å². The molecule has 1 fully saturated rings. The second-order valence-corrected chi connectivity index (χ2v) is 5.48. The lowest BCUT2D eigenvalue weighted by atomic mass is 10.1. The van der Waals surface area contributed by atoms with E-state index in [-0.39, 0.29) is 0 Å². The van der Waals surface area contributed by atoms with Gasteiger partial charge in [-0.25, -0.2) is 0 Å². The minimum Gasteiger partial charge on any atom is -0.313 e. The van der Waals surface area contributed by atoms with Gasteiger partial charge in [-0.05, 0) is 38.9 Å². The minimum absolute atomic E-state index is 0.734. The van der Waals surface area contributed by atoms with Gasteiger partial charge in [-0.1, -0.05) is 46.0 Å². The lowest BCUT2D eigenvalue weighted by Crippen LogP contribution is -2.37. The predicted molar refractivity (Wildman–Crippen MR) is 76.5 cm³/mol. The molecule has 0 aliphatic carbocycles. The van der Waals surface area contributed by atoms with Crippen molar-refractivity contribution in [2.75, 3.05) is 26.2 Å². The van der Waals surface area contributed by atoms with E-state index in [0.29, 0.717) is 0 Å². The van der Waals surface area contributed by atoms with Crippen LogP contribution in [0.4, 0.5) is 0 Å². The van der Waals surface area contributed by atoms with Crippen molar-refractivity contribution in [3.8, 4) is 0 Å². The van der Waals surface area contributed by atoms with Gasteiger partial charge in [0.2, 0.25) is 0 Å². The van der Waals surface area contributed by atoms with E-state index >= 15 is 0 Å². The van der Waals surface area contributed by atoms with Crippen LogP contribution in [0.15, 0.2) is 0 Å². The van der Waals surface area contributed by atoms with Crippen LogP contribution >= 0.6 is 0 Å². The van der Waals surface area contributed by atoms with E-state index < -0.39 is 0 Å². The molecule has 1 heterocycles. The third-order valence-corrected chi connectivity index (χ3v) is 3.88. The zero-order chi connectivity index (χ0) is 12.3. The maximum atomic E-state index is 3.64. The monoisotopic (exact) mass is 240 g/mol. The summed E-state index contributed by atoms with van der Waals surface area (Å²) in [5.74, 6) is 0. The molecule has 0 bridgehead atoms. The van der Waals surface area contributed by atoms with Gasteiger partial charge in [0.1, 0.15) is 0 Å². The van der Waals surface area contributed by atoms with Crippen molar-refractivity contribution in [1.29, 1.82) is 0 Å². The van der Waals surface area contributed by atoms with Crippen LogP contribution in [-0.4, -0.2) is 37.1 Å². The largest absolute Gasteiger partial charge is 0.313 e. The SMILES string of the molecule is CCCCCCCCN1CCCNC(CC)C1. The van der Waals surface area contributed by atoms with Gasteiger partial charge < -0.3 is 10.2 Å². The second-order valence-electron chi connectivity index (χ2n) is 5.48. The number of unbranched alkanes of at least 4 members (excludes halogenated alkanes) is 5. The van der Waals surface area contributed by atoms with Crippen LogP contribution in [0.3, 0.4) is 0 Å². The van der Waals surface area contributed by atoms with Crippen LogP contribution in [0.25, 0.3) is 0 Å². The van der Waals surface area contributed by atoms with Crippen molar-refractivity contribution < 1.29 is 0 Å². The first kappa shape index (κ1) is 15.0. The van der Waals surface area contributed by atoms with Gasteiger partial charge in [-0.2, -0.15) is 0 Å². The smallest absolute Gasteiger partial charge is 0.0192 e. The molecule has 17 heavy (non-hydrogen) atoms. The van der Waals surface area contributed by atoms with E-state index in [0.717, 1.165) is 6.04 Å². The summed E-state index contributed by atoms with van der Waals surface area (Å²) in [5, 5.41) is 3.64. The first-order chi connectivity index (χ1) is 8.36. The number of nitrogens with zero attached hydrogens (tertiary/aromatic N) is 1. The summed E-state index contributed by atoms with van der Waals surface area (Å²) in [5.41, 5.74) is 0. The molecule has 1 N–H and O–H groups in total. The van der Waals surface area contributed by atoms with Crippen molar-refractivity contribution in [2.24, 2.45) is 0 Å². The molecular weight excluding hydrogens is 208 g/mol. The van der Waals surface area contributed by atoms with E-state index in [4.69, 9.17) is 0 Å². The molecule has 0 amide bonds. The Morgan fingerprint density at radius 1 is 1.06 bits per heavy atom. The van der Waals surface area contributed by atoms with Crippen LogP contribution in [0.2, 0.25) is 0 Å². The lowest BCUT2D eigenvalue weighted by Gasteiger charge is -2.23. The topological polar surface area (TPSA) is 15.3 Å². The molecule has 1 rings (SSSR count). The summed E-state index contributed by atoms with van der Waals surface area (Å²) in [7, 11) is 0. The highest BCUT2D eigenvalue weighted by atomic mass is 15.2. The summed E-state index contributed by atoms with van der Waals surface area (Å²) in [6, 6.07) is 0.734. The number of hydrogen-bond acceptors (Lipinski definition) is 2. The van der Waals surface area contributed by atoms with Crippen molar-refractivity contribution in [1.82, 2.24) is 10.2 Å². The van der Waals surface area contributed by atoms with Crippen molar-refractivity contribution in [3.05, 3.63) is 0 Å². The fourth-order valence-electron chi connectivity index (χ4n) is 2.67. The third-order valence-electron chi connectivity index (χ3n) is 3.88. The Balaban J connectivity index is 2.04. The van der Waals surface area contributed by atoms with Crippen LogP contribution < -0.4 is 5.32 Å². The quantitative estimate of drug-likeness (QED) is 0.654. The van der Waals surface area contributed by atoms with Crippen LogP contribution in [0.5, 0.6) is 0 Å². The van der Waals surface area contributed by atoms with E-state index in [1.807, 2.05) is 0 Å². The lowest BCUT2D eigenvalue weighted by molar-refractivity contribution is 0.259. The molecule has 1 atom stereocenters. The normalized spacial score (nSPS) is 22.6. The third kappa shape index (κ3) is 7.05. The Morgan fingerprint density at radius 3 is 2.59 bits per heavy atom. The van der Waals surface area contributed by atoms with Crippen LogP contribution in [0.1, 0.15) is 65.2 Å². The molecule has 0 aromatic rings. The Kier molecular flexibility index (Phi) is 8.72. The van der Waals surface area contributed by atoms with E-state index in [1.54, 1.807) is 0 Å². The first-order valence-electron chi connectivity index (χ1n) is 7.82. The molecule has 1 aliphatic rings. The molecule has 1 unspecified atom stereocenters. The first-order valence-corrected chi connectivity index (χ1v) is 7.82. The van der Waals surface area contributed by atoms with Gasteiger partial charge in [-0.3, -0.25) is 0 Å². The second kappa shape index (κ2) is 9.90. The molecule has 102 valence electrons. The highest BCUT2D eigenvalue weighted by Crippen LogP contribution is 2.08. The van der Waals surface area contributed by atoms with E-state index in [2.05, 4.69) is 24.1 Å². The highest BCUT2D eigenvalue weighted by Gasteiger charge is 2.15. The average molecular weight is 240 g/mol. The molecular formula is C15H32N2. The molecule has 0 aromatic carbocycles. The maximum absolute atomic E-state index is 3.64. The number of nitrogens with one attached hydrogen (secondary N) is 1. The Labute approximate surface area is 108 Å². The van der Waals surface area contributed by atoms with Gasteiger partial charge in [0.05, 0.1) is 0 Å². The van der Waals surface area contributed by atoms with Crippen LogP contribution in [-0.2, 0) is 0 Å². The standard InChI is InChI=1S/C15H32N2/c1-3-5-6-7-8-9-12-17-13-10-11-16-15(4-2)14-17/h15-16H,3-14H2,1-2H3. The van der Waals surface area contributed by atoms with Gasteiger partial charge >= 0.3 is 0 Å². The summed E-state index contributed by atoms with van der Waals surface area (Å²) < 4.78 is 0. The summed E-state index contributed by atoms with van der Waals surface area (Å²) >= 11 is 0. The van der Waals surface area contributed by atoms with Crippen molar-refractivity contribution in [3.63, 3.8) is 0 Å². The Morgan fingerprint density at radius 2 is 1.82 bits per heavy atom. The zero-order valence-electron chi connectivity index (χ0n) is 12.0. The zero-order valence-corrected chi connectivity index (χ0v) is 12.0. The van der Waals surface area contributed by atoms with Gasteiger partial charge in [-0.15, -0.1) is 0 Å². The number of hydrogen-bond donors (Lipinski definition) is 1. The molecule has 0 radical (unpaired) electrons. The summed E-state index contributed by atoms with van der Waals surface area (Å²) in [6.45, 7) is 9.70. The van der Waals surface area contributed by atoms with Gasteiger partial charge in [0.25, 0.3) is 0 Å². The molecule has 1 aliphatic heterocycles. The van der Waals surface area contributed by atoms with Gasteiger partial charge in [0, 0.05) is 12.6 Å². The molecule has 0 saturated carbocycles. The van der Waals surface area contributed by atoms with Crippen LogP contribution in [0, 0.1) is 0 Å². The fraction of sp³-hybridized carbons (Fsp3) is 1.00. The molecule has 1 saturated heterocycles. The number of rotatable bonds is 8. The molecule has 2 nitrogen and oxygen atoms in total. The van der Waals surface area contributed by atoms with E-state index in [1.165, 1.54) is 77.5 Å². The molecule has 0 spiro atoms. The predicted octanol–water partition coefficient (Wildman–Crippen LogP) is 3.42. The molecule has 0 aromatic heterocycles. The summed E-state index contributed by atoms with van der Waals surface area (Å²) in [4.78, 5) is 2.67. The maximum Gasteiger partial charge on any atom is 0.0192 e. The molecule has 2 heteroatoms. The Bertz CT molecular complexity index is 170. The fourth-order valence-corrected chi connectivity index (χ4v) is 2.67. The summed E-state index contributed by atoms with van der Waals surface area (Å²) in [6.07, 6.45) is 11.1. The minimum atomic E-state index is 0.734. The van der Waals surface area contributed by atoms with Crippen molar-refractivity contribution in [2.45, 2.75) is 71.3 Å². The highest BCUT2D eigenvalue weighted by molar-refractivity contribution is 4.75. The average Bonchev–Trinajstić information content (AvgIpc) is 2.58.